The summed E-state index contributed by atoms with van der Waals surface area (Å²) in [6.07, 6.45) is 5.87. The number of hydrogen-bond donors (Lipinski definition) is 2. The van der Waals surface area contributed by atoms with E-state index in [1.807, 2.05) is 0 Å². The molecule has 0 amide bonds. The summed E-state index contributed by atoms with van der Waals surface area (Å²) in [5.74, 6) is 0. The minimum atomic E-state index is 0.489. The molecule has 1 atom stereocenters. The average Bonchev–Trinajstić information content (AvgIpc) is 2.96. The molecule has 0 bridgehead atoms. The van der Waals surface area contributed by atoms with Gasteiger partial charge in [0.25, 0.3) is 0 Å². The molecule has 0 aliphatic heterocycles. The van der Waals surface area contributed by atoms with E-state index in [4.69, 9.17) is 0 Å². The number of hydrogen-bond acceptors (Lipinski definition) is 1. The zero-order valence-electron chi connectivity index (χ0n) is 12.1. The SMILES string of the molecule is c1ccc2c(c1)CCCC2NCc1c[nH]c2ccccc12. The Labute approximate surface area is 125 Å². The van der Waals surface area contributed by atoms with Crippen molar-refractivity contribution in [1.82, 2.24) is 10.3 Å². The molecule has 0 fully saturated rings. The summed E-state index contributed by atoms with van der Waals surface area (Å²) in [5.41, 5.74) is 5.58. The average molecular weight is 276 g/mol. The van der Waals surface area contributed by atoms with E-state index in [-0.39, 0.29) is 0 Å². The monoisotopic (exact) mass is 276 g/mol. The summed E-state index contributed by atoms with van der Waals surface area (Å²) < 4.78 is 0. The van der Waals surface area contributed by atoms with Crippen molar-refractivity contribution in [2.45, 2.75) is 31.8 Å². The van der Waals surface area contributed by atoms with Crippen molar-refractivity contribution in [3.63, 3.8) is 0 Å². The molecule has 2 N–H and O–H groups in total. The molecule has 0 saturated carbocycles. The van der Waals surface area contributed by atoms with Crippen LogP contribution in [0.1, 0.15) is 35.6 Å². The van der Waals surface area contributed by atoms with E-state index in [2.05, 4.69) is 65.0 Å². The molecule has 1 heterocycles. The van der Waals surface area contributed by atoms with Crippen LogP contribution in [0.25, 0.3) is 10.9 Å². The van der Waals surface area contributed by atoms with E-state index in [9.17, 15) is 0 Å². The number of fused-ring (bicyclic) bond motifs is 2. The normalized spacial score (nSPS) is 17.8. The second-order valence-corrected chi connectivity index (χ2v) is 5.88. The zero-order chi connectivity index (χ0) is 14.1. The first-order valence-corrected chi connectivity index (χ1v) is 7.78. The number of aromatic amines is 1. The number of nitrogens with one attached hydrogen (secondary N) is 2. The summed E-state index contributed by atoms with van der Waals surface area (Å²) in [4.78, 5) is 3.36. The molecule has 4 rings (SSSR count). The predicted molar refractivity (Wildman–Crippen MR) is 87.3 cm³/mol. The van der Waals surface area contributed by atoms with E-state index in [1.54, 1.807) is 0 Å². The Bertz CT molecular complexity index is 757. The molecule has 2 nitrogen and oxygen atoms in total. The molecule has 1 aliphatic carbocycles. The summed E-state index contributed by atoms with van der Waals surface area (Å²) in [5, 5.41) is 5.08. The highest BCUT2D eigenvalue weighted by Crippen LogP contribution is 2.30. The first kappa shape index (κ1) is 12.7. The number of aryl methyl sites for hydroxylation is 1. The summed E-state index contributed by atoms with van der Waals surface area (Å²) in [6, 6.07) is 17.9. The molecule has 0 radical (unpaired) electrons. The van der Waals surface area contributed by atoms with Gasteiger partial charge in [0.1, 0.15) is 0 Å². The van der Waals surface area contributed by atoms with Gasteiger partial charge in [-0.2, -0.15) is 0 Å². The second-order valence-electron chi connectivity index (χ2n) is 5.88. The molecule has 1 aliphatic rings. The zero-order valence-corrected chi connectivity index (χ0v) is 12.1. The quantitative estimate of drug-likeness (QED) is 0.732. The van der Waals surface area contributed by atoms with E-state index < -0.39 is 0 Å². The number of rotatable bonds is 3. The molecular weight excluding hydrogens is 256 g/mol. The second kappa shape index (κ2) is 5.38. The lowest BCUT2D eigenvalue weighted by molar-refractivity contribution is 0.460. The highest BCUT2D eigenvalue weighted by Gasteiger charge is 2.19. The van der Waals surface area contributed by atoms with Crippen LogP contribution in [0.5, 0.6) is 0 Å². The molecular formula is C19H20N2. The van der Waals surface area contributed by atoms with Gasteiger partial charge in [0.05, 0.1) is 0 Å². The van der Waals surface area contributed by atoms with Crippen LogP contribution in [0.15, 0.2) is 54.7 Å². The van der Waals surface area contributed by atoms with Gasteiger partial charge in [-0.15, -0.1) is 0 Å². The highest BCUT2D eigenvalue weighted by molar-refractivity contribution is 5.82. The highest BCUT2D eigenvalue weighted by atomic mass is 14.9. The lowest BCUT2D eigenvalue weighted by atomic mass is 9.87. The fourth-order valence-electron chi connectivity index (χ4n) is 3.48. The fourth-order valence-corrected chi connectivity index (χ4v) is 3.48. The van der Waals surface area contributed by atoms with Crippen molar-refractivity contribution in [3.8, 4) is 0 Å². The molecule has 0 saturated heterocycles. The Morgan fingerprint density at radius 1 is 1.05 bits per heavy atom. The smallest absolute Gasteiger partial charge is 0.0457 e. The Morgan fingerprint density at radius 3 is 2.90 bits per heavy atom. The summed E-state index contributed by atoms with van der Waals surface area (Å²) in [7, 11) is 0. The van der Waals surface area contributed by atoms with Gasteiger partial charge in [-0.1, -0.05) is 42.5 Å². The molecule has 1 unspecified atom stereocenters. The van der Waals surface area contributed by atoms with Crippen LogP contribution in [0, 0.1) is 0 Å². The Balaban J connectivity index is 1.55. The van der Waals surface area contributed by atoms with E-state index in [1.165, 1.54) is 46.9 Å². The van der Waals surface area contributed by atoms with Crippen molar-refractivity contribution >= 4 is 10.9 Å². The predicted octanol–water partition coefficient (Wildman–Crippen LogP) is 4.34. The van der Waals surface area contributed by atoms with Crippen molar-refractivity contribution < 1.29 is 0 Å². The Kier molecular flexibility index (Phi) is 3.24. The number of H-pyrrole nitrogens is 1. The van der Waals surface area contributed by atoms with Gasteiger partial charge in [0, 0.05) is 29.7 Å². The van der Waals surface area contributed by atoms with Crippen LogP contribution in [0.3, 0.4) is 0 Å². The number of benzene rings is 2. The standard InChI is InChI=1S/C19H20N2/c1-2-8-16-14(6-1)7-5-11-19(16)21-13-15-12-20-18-10-4-3-9-17(15)18/h1-4,6,8-10,12,19-21H,5,7,11,13H2. The van der Waals surface area contributed by atoms with Crippen LogP contribution in [-0.4, -0.2) is 4.98 Å². The molecule has 2 aromatic carbocycles. The van der Waals surface area contributed by atoms with Gasteiger partial charge in [-0.25, -0.2) is 0 Å². The van der Waals surface area contributed by atoms with E-state index in [0.29, 0.717) is 6.04 Å². The maximum atomic E-state index is 3.75. The third kappa shape index (κ3) is 2.36. The maximum absolute atomic E-state index is 3.75. The first-order chi connectivity index (χ1) is 10.4. The molecule has 3 aromatic rings. The van der Waals surface area contributed by atoms with Gasteiger partial charge >= 0.3 is 0 Å². The largest absolute Gasteiger partial charge is 0.361 e. The van der Waals surface area contributed by atoms with Crippen molar-refractivity contribution in [2.24, 2.45) is 0 Å². The summed E-state index contributed by atoms with van der Waals surface area (Å²) in [6.45, 7) is 0.920. The van der Waals surface area contributed by atoms with Gasteiger partial charge < -0.3 is 10.3 Å². The van der Waals surface area contributed by atoms with E-state index >= 15 is 0 Å². The minimum Gasteiger partial charge on any atom is -0.361 e. The third-order valence-corrected chi connectivity index (χ3v) is 4.58. The van der Waals surface area contributed by atoms with Gasteiger partial charge in [-0.3, -0.25) is 0 Å². The van der Waals surface area contributed by atoms with Crippen molar-refractivity contribution in [3.05, 3.63) is 71.4 Å². The Hall–Kier alpha value is -2.06. The topological polar surface area (TPSA) is 27.8 Å². The molecule has 21 heavy (non-hydrogen) atoms. The number of aromatic nitrogens is 1. The van der Waals surface area contributed by atoms with Crippen LogP contribution in [0.2, 0.25) is 0 Å². The third-order valence-electron chi connectivity index (χ3n) is 4.58. The molecule has 0 spiro atoms. The maximum Gasteiger partial charge on any atom is 0.0457 e. The van der Waals surface area contributed by atoms with Crippen LogP contribution in [-0.2, 0) is 13.0 Å². The molecule has 1 aromatic heterocycles. The lowest BCUT2D eigenvalue weighted by Crippen LogP contribution is -2.24. The summed E-state index contributed by atoms with van der Waals surface area (Å²) >= 11 is 0. The Morgan fingerprint density at radius 2 is 1.90 bits per heavy atom. The van der Waals surface area contributed by atoms with Crippen LogP contribution >= 0.6 is 0 Å². The minimum absolute atomic E-state index is 0.489. The van der Waals surface area contributed by atoms with Gasteiger partial charge in [-0.05, 0) is 42.0 Å². The number of para-hydroxylation sites is 1. The van der Waals surface area contributed by atoms with Crippen molar-refractivity contribution in [2.75, 3.05) is 0 Å². The fraction of sp³-hybridized carbons (Fsp3) is 0.263. The lowest BCUT2D eigenvalue weighted by Gasteiger charge is -2.26. The van der Waals surface area contributed by atoms with Gasteiger partial charge in [0.15, 0.2) is 0 Å². The molecule has 106 valence electrons. The van der Waals surface area contributed by atoms with E-state index in [0.717, 1.165) is 6.54 Å². The van der Waals surface area contributed by atoms with Crippen molar-refractivity contribution in [1.29, 1.82) is 0 Å². The molecule has 2 heteroatoms. The first-order valence-electron chi connectivity index (χ1n) is 7.78. The van der Waals surface area contributed by atoms with Gasteiger partial charge in [0.2, 0.25) is 0 Å². The van der Waals surface area contributed by atoms with Crippen LogP contribution in [0.4, 0.5) is 0 Å². The van der Waals surface area contributed by atoms with Crippen LogP contribution < -0.4 is 5.32 Å².